The van der Waals surface area contributed by atoms with E-state index < -0.39 is 0 Å². The zero-order valence-electron chi connectivity index (χ0n) is 17.8. The van der Waals surface area contributed by atoms with Gasteiger partial charge in [-0.15, -0.1) is 0 Å². The van der Waals surface area contributed by atoms with Crippen LogP contribution in [0.4, 0.5) is 11.5 Å². The molecule has 0 unspecified atom stereocenters. The van der Waals surface area contributed by atoms with Crippen molar-refractivity contribution in [2.45, 2.75) is 6.92 Å². The van der Waals surface area contributed by atoms with Gasteiger partial charge < -0.3 is 19.4 Å². The average molecular weight is 412 g/mol. The van der Waals surface area contributed by atoms with E-state index in [1.165, 1.54) is 10.6 Å². The molecule has 0 spiro atoms. The van der Waals surface area contributed by atoms with Crippen molar-refractivity contribution in [1.29, 1.82) is 0 Å². The predicted molar refractivity (Wildman–Crippen MR) is 117 cm³/mol. The Morgan fingerprint density at radius 3 is 2.40 bits per heavy atom. The normalized spacial score (nSPS) is 17.8. The number of H-pyrrole nitrogens is 1. The van der Waals surface area contributed by atoms with Gasteiger partial charge in [-0.3, -0.25) is 9.69 Å². The summed E-state index contributed by atoms with van der Waals surface area (Å²) in [6.07, 6.45) is 1.95. The van der Waals surface area contributed by atoms with Gasteiger partial charge in [0.1, 0.15) is 18.8 Å². The van der Waals surface area contributed by atoms with Gasteiger partial charge in [0.15, 0.2) is 6.54 Å². The highest BCUT2D eigenvalue weighted by molar-refractivity contribution is 5.77. The van der Waals surface area contributed by atoms with Gasteiger partial charge in [-0.1, -0.05) is 18.2 Å². The number of ether oxygens (including phenoxy) is 1. The minimum absolute atomic E-state index is 0.282. The van der Waals surface area contributed by atoms with E-state index in [1.54, 1.807) is 0 Å². The zero-order chi connectivity index (χ0) is 20.8. The van der Waals surface area contributed by atoms with Crippen molar-refractivity contribution in [3.05, 3.63) is 48.7 Å². The summed E-state index contributed by atoms with van der Waals surface area (Å²) in [6.45, 7) is 10.5. The number of para-hydroxylation sites is 2. The lowest BCUT2D eigenvalue weighted by molar-refractivity contribution is -0.892. The number of carbonyl (C=O) groups excluding carboxylic acids is 1. The number of aromatic amines is 1. The number of pyridine rings is 1. The van der Waals surface area contributed by atoms with Gasteiger partial charge >= 0.3 is 0 Å². The average Bonchev–Trinajstić information content (AvgIpc) is 2.81. The summed E-state index contributed by atoms with van der Waals surface area (Å²) in [5.74, 6) is 2.36. The van der Waals surface area contributed by atoms with E-state index in [2.05, 4.69) is 33.0 Å². The first-order valence-electron chi connectivity index (χ1n) is 11.0. The predicted octanol–water partition coefficient (Wildman–Crippen LogP) is -0.0469. The number of aromatic nitrogens is 1. The lowest BCUT2D eigenvalue weighted by Crippen LogP contribution is -3.16. The van der Waals surface area contributed by atoms with Gasteiger partial charge in [-0.25, -0.2) is 4.98 Å². The Hall–Kier alpha value is -2.80. The molecule has 7 nitrogen and oxygen atoms in total. The Bertz CT molecular complexity index is 815. The highest BCUT2D eigenvalue weighted by Gasteiger charge is 2.30. The van der Waals surface area contributed by atoms with Gasteiger partial charge in [0.25, 0.3) is 11.7 Å². The van der Waals surface area contributed by atoms with E-state index in [9.17, 15) is 4.79 Å². The van der Waals surface area contributed by atoms with Crippen molar-refractivity contribution in [3.63, 3.8) is 0 Å². The number of nitrogens with zero attached hydrogens (tertiary/aromatic N) is 3. The molecule has 4 rings (SSSR count). The van der Waals surface area contributed by atoms with Gasteiger partial charge in [0.2, 0.25) is 0 Å². The largest absolute Gasteiger partial charge is 0.492 e. The smallest absolute Gasteiger partial charge is 0.278 e. The van der Waals surface area contributed by atoms with E-state index >= 15 is 0 Å². The maximum absolute atomic E-state index is 12.8. The number of hydrogen-bond donors (Lipinski definition) is 1. The number of hydrogen-bond acceptors (Lipinski definition) is 4. The molecule has 0 bridgehead atoms. The number of nitrogens with one attached hydrogen (secondary N) is 2. The molecule has 1 amide bonds. The summed E-state index contributed by atoms with van der Waals surface area (Å²) in [5.41, 5.74) is 1.17. The summed E-state index contributed by atoms with van der Waals surface area (Å²) >= 11 is 0. The highest BCUT2D eigenvalue weighted by Crippen LogP contribution is 2.27. The third-order valence-electron chi connectivity index (χ3n) is 6.04. The molecule has 7 heteroatoms. The molecule has 2 aromatic rings. The second-order valence-electron chi connectivity index (χ2n) is 7.93. The molecular formula is C23H33N5O2+2. The highest BCUT2D eigenvalue weighted by atomic mass is 16.5. The molecular weight excluding hydrogens is 378 g/mol. The van der Waals surface area contributed by atoms with Crippen LogP contribution in [0.3, 0.4) is 0 Å². The molecule has 2 fully saturated rings. The number of quaternary nitrogens is 1. The quantitative estimate of drug-likeness (QED) is 0.725. The molecule has 3 heterocycles. The molecule has 1 aromatic heterocycles. The van der Waals surface area contributed by atoms with E-state index in [1.807, 2.05) is 42.3 Å². The SMILES string of the molecule is CCOc1ccccc1N1CC[NH+](CC(=O)N2CCN(c3cccc[nH+]3)CC2)CC1. The van der Waals surface area contributed by atoms with Crippen LogP contribution in [0.5, 0.6) is 5.75 Å². The first kappa shape index (κ1) is 20.5. The van der Waals surface area contributed by atoms with Crippen molar-refractivity contribution in [2.75, 3.05) is 75.3 Å². The van der Waals surface area contributed by atoms with Crippen LogP contribution >= 0.6 is 0 Å². The number of piperazine rings is 2. The van der Waals surface area contributed by atoms with Crippen molar-refractivity contribution in [2.24, 2.45) is 0 Å². The number of rotatable bonds is 6. The van der Waals surface area contributed by atoms with Gasteiger partial charge in [0.05, 0.1) is 57.8 Å². The summed E-state index contributed by atoms with van der Waals surface area (Å²) in [5, 5.41) is 0. The first-order chi connectivity index (χ1) is 14.7. The Morgan fingerprint density at radius 2 is 1.70 bits per heavy atom. The number of amides is 1. The number of benzene rings is 1. The molecule has 0 saturated carbocycles. The molecule has 2 saturated heterocycles. The van der Waals surface area contributed by atoms with Crippen LogP contribution in [0.15, 0.2) is 48.7 Å². The summed E-state index contributed by atoms with van der Waals surface area (Å²) < 4.78 is 5.79. The van der Waals surface area contributed by atoms with E-state index in [4.69, 9.17) is 4.74 Å². The topological polar surface area (TPSA) is 54.6 Å². The summed E-state index contributed by atoms with van der Waals surface area (Å²) in [6, 6.07) is 14.4. The van der Waals surface area contributed by atoms with E-state index in [0.29, 0.717) is 13.2 Å². The van der Waals surface area contributed by atoms with E-state index in [-0.39, 0.29) is 5.91 Å². The van der Waals surface area contributed by atoms with Gasteiger partial charge in [-0.05, 0) is 25.1 Å². The van der Waals surface area contributed by atoms with Crippen LogP contribution in [-0.4, -0.2) is 76.3 Å². The lowest BCUT2D eigenvalue weighted by atomic mass is 10.2. The monoisotopic (exact) mass is 411 g/mol. The fourth-order valence-corrected chi connectivity index (χ4v) is 4.34. The maximum atomic E-state index is 12.8. The molecule has 0 radical (unpaired) electrons. The molecule has 2 N–H and O–H groups in total. The third-order valence-corrected chi connectivity index (χ3v) is 6.04. The van der Waals surface area contributed by atoms with Crippen LogP contribution in [0.1, 0.15) is 6.92 Å². The molecule has 0 atom stereocenters. The Kier molecular flexibility index (Phi) is 6.69. The first-order valence-corrected chi connectivity index (χ1v) is 11.0. The Morgan fingerprint density at radius 1 is 0.967 bits per heavy atom. The lowest BCUT2D eigenvalue weighted by Gasteiger charge is -2.36. The molecule has 160 valence electrons. The molecule has 0 aliphatic carbocycles. The van der Waals surface area contributed by atoms with Crippen LogP contribution < -0.4 is 24.4 Å². The number of anilines is 2. The second-order valence-corrected chi connectivity index (χ2v) is 7.93. The molecule has 2 aliphatic rings. The Balaban J connectivity index is 1.24. The van der Waals surface area contributed by atoms with Crippen molar-refractivity contribution >= 4 is 17.4 Å². The van der Waals surface area contributed by atoms with Gasteiger partial charge in [-0.2, -0.15) is 0 Å². The third kappa shape index (κ3) is 4.84. The van der Waals surface area contributed by atoms with Crippen LogP contribution in [-0.2, 0) is 4.79 Å². The van der Waals surface area contributed by atoms with Crippen LogP contribution in [0, 0.1) is 0 Å². The molecule has 1 aromatic carbocycles. The Labute approximate surface area is 178 Å². The van der Waals surface area contributed by atoms with E-state index in [0.717, 1.165) is 63.9 Å². The standard InChI is InChI=1S/C23H31N5O2/c1-2-30-21-8-4-3-7-20(21)26-13-11-25(12-14-26)19-23(29)28-17-15-27(16-18-28)22-9-5-6-10-24-22/h3-10H,2,11-19H2,1H3/p+2. The summed E-state index contributed by atoms with van der Waals surface area (Å²) in [7, 11) is 0. The van der Waals surface area contributed by atoms with Crippen molar-refractivity contribution < 1.29 is 19.4 Å². The van der Waals surface area contributed by atoms with Gasteiger partial charge in [0, 0.05) is 6.07 Å². The van der Waals surface area contributed by atoms with Crippen molar-refractivity contribution in [3.8, 4) is 5.75 Å². The van der Waals surface area contributed by atoms with Crippen molar-refractivity contribution in [1.82, 2.24) is 4.90 Å². The molecule has 2 aliphatic heterocycles. The van der Waals surface area contributed by atoms with Crippen LogP contribution in [0.25, 0.3) is 0 Å². The number of carbonyl (C=O) groups is 1. The van der Waals surface area contributed by atoms with Crippen LogP contribution in [0.2, 0.25) is 0 Å². The fourth-order valence-electron chi connectivity index (χ4n) is 4.34. The summed E-state index contributed by atoms with van der Waals surface area (Å²) in [4.78, 5) is 24.2. The minimum Gasteiger partial charge on any atom is -0.492 e. The minimum atomic E-state index is 0.282. The maximum Gasteiger partial charge on any atom is 0.278 e. The molecule has 30 heavy (non-hydrogen) atoms. The second kappa shape index (κ2) is 9.80. The fraction of sp³-hybridized carbons (Fsp3) is 0.478. The zero-order valence-corrected chi connectivity index (χ0v) is 17.8.